The van der Waals surface area contributed by atoms with Crippen molar-refractivity contribution < 1.29 is 4.92 Å². The van der Waals surface area contributed by atoms with Crippen LogP contribution in [0.3, 0.4) is 0 Å². The highest BCUT2D eigenvalue weighted by Gasteiger charge is 2.18. The fourth-order valence-corrected chi connectivity index (χ4v) is 3.55. The quantitative estimate of drug-likeness (QED) is 0.152. The van der Waals surface area contributed by atoms with Gasteiger partial charge in [0.1, 0.15) is 17.6 Å². The number of azo groups is 1. The van der Waals surface area contributed by atoms with Crippen molar-refractivity contribution in [3.05, 3.63) is 112 Å². The van der Waals surface area contributed by atoms with E-state index < -0.39 is 4.92 Å². The number of nitriles is 1. The summed E-state index contributed by atoms with van der Waals surface area (Å²) in [6.07, 6.45) is 0.773. The smallest absolute Gasteiger partial charge is 0.269 e. The first-order valence-electron chi connectivity index (χ1n) is 11.3. The number of hydrogen-bond acceptors (Lipinski definition) is 8. The number of para-hydroxylation sites is 1. The van der Waals surface area contributed by atoms with Gasteiger partial charge in [-0.05, 0) is 43.2 Å². The summed E-state index contributed by atoms with van der Waals surface area (Å²) in [5, 5.41) is 36.0. The zero-order valence-corrected chi connectivity index (χ0v) is 19.5. The molecule has 36 heavy (non-hydrogen) atoms. The first-order chi connectivity index (χ1) is 17.5. The largest absolute Gasteiger partial charge is 0.369 e. The summed E-state index contributed by atoms with van der Waals surface area (Å²) in [6.45, 7) is 2.39. The third-order valence-electron chi connectivity index (χ3n) is 5.44. The van der Waals surface area contributed by atoms with Crippen LogP contribution in [-0.4, -0.2) is 16.5 Å². The molecule has 0 fully saturated rings. The van der Waals surface area contributed by atoms with E-state index in [1.165, 1.54) is 29.8 Å². The van der Waals surface area contributed by atoms with Gasteiger partial charge in [-0.3, -0.25) is 10.1 Å². The molecule has 1 heterocycles. The highest BCUT2D eigenvalue weighted by molar-refractivity contribution is 5.77. The molecule has 0 unspecified atom stereocenters. The van der Waals surface area contributed by atoms with E-state index in [0.29, 0.717) is 40.7 Å². The topological polar surface area (TPSA) is 129 Å². The van der Waals surface area contributed by atoms with E-state index in [2.05, 4.69) is 39.1 Å². The third kappa shape index (κ3) is 5.87. The lowest BCUT2D eigenvalue weighted by molar-refractivity contribution is -0.384. The predicted octanol–water partition coefficient (Wildman–Crippen LogP) is 6.98. The van der Waals surface area contributed by atoms with Gasteiger partial charge in [-0.2, -0.15) is 10.4 Å². The summed E-state index contributed by atoms with van der Waals surface area (Å²) in [6, 6.07) is 27.5. The molecule has 0 aliphatic carbocycles. The maximum atomic E-state index is 10.9. The average Bonchev–Trinajstić information content (AvgIpc) is 2.90. The fourth-order valence-electron chi connectivity index (χ4n) is 3.55. The molecule has 0 aliphatic rings. The van der Waals surface area contributed by atoms with Gasteiger partial charge in [0.15, 0.2) is 5.82 Å². The number of aromatic nitrogens is 1. The maximum Gasteiger partial charge on any atom is 0.269 e. The van der Waals surface area contributed by atoms with Gasteiger partial charge in [-0.1, -0.05) is 48.5 Å². The molecule has 0 saturated heterocycles. The Morgan fingerprint density at radius 3 is 2.25 bits per heavy atom. The molecule has 0 amide bonds. The first-order valence-corrected chi connectivity index (χ1v) is 11.3. The number of nitrogens with one attached hydrogen (secondary N) is 2. The summed E-state index contributed by atoms with van der Waals surface area (Å²) in [7, 11) is 0. The molecule has 9 nitrogen and oxygen atoms in total. The van der Waals surface area contributed by atoms with Crippen LogP contribution >= 0.6 is 0 Å². The Hall–Kier alpha value is -5.10. The van der Waals surface area contributed by atoms with Crippen molar-refractivity contribution in [1.82, 2.24) is 4.98 Å². The molecule has 0 saturated carbocycles. The Morgan fingerprint density at radius 1 is 0.944 bits per heavy atom. The van der Waals surface area contributed by atoms with Crippen LogP contribution in [0.15, 0.2) is 95.2 Å². The summed E-state index contributed by atoms with van der Waals surface area (Å²) >= 11 is 0. The number of hydrogen-bond donors (Lipinski definition) is 2. The van der Waals surface area contributed by atoms with Crippen molar-refractivity contribution in [2.75, 3.05) is 17.2 Å². The number of nitro groups is 1. The first kappa shape index (κ1) is 24.0. The molecular weight excluding hydrogens is 454 g/mol. The van der Waals surface area contributed by atoms with Gasteiger partial charge in [0.25, 0.3) is 5.69 Å². The second-order valence-electron chi connectivity index (χ2n) is 7.90. The van der Waals surface area contributed by atoms with E-state index in [1.54, 1.807) is 6.92 Å². The van der Waals surface area contributed by atoms with Crippen LogP contribution in [-0.2, 0) is 6.42 Å². The van der Waals surface area contributed by atoms with Crippen molar-refractivity contribution in [1.29, 1.82) is 5.26 Å². The van der Waals surface area contributed by atoms with Gasteiger partial charge in [0.2, 0.25) is 0 Å². The number of non-ortho nitro benzene ring substituents is 1. The van der Waals surface area contributed by atoms with Gasteiger partial charge in [0.05, 0.1) is 16.2 Å². The molecule has 0 aliphatic heterocycles. The molecule has 4 rings (SSSR count). The van der Waals surface area contributed by atoms with Gasteiger partial charge >= 0.3 is 0 Å². The summed E-state index contributed by atoms with van der Waals surface area (Å²) in [5.74, 6) is 0.893. The summed E-state index contributed by atoms with van der Waals surface area (Å²) in [4.78, 5) is 15.1. The lowest BCUT2D eigenvalue weighted by Crippen LogP contribution is -2.10. The Kier molecular flexibility index (Phi) is 7.58. The van der Waals surface area contributed by atoms with Gasteiger partial charge in [0, 0.05) is 29.9 Å². The van der Waals surface area contributed by atoms with Crippen LogP contribution < -0.4 is 10.6 Å². The normalized spacial score (nSPS) is 10.7. The molecule has 3 aromatic carbocycles. The SMILES string of the molecule is Cc1c(C#N)c(NCCc2ccccc2)nc(Nc2ccccc2)c1N=Nc1ccc([N+](=O)[O-])cc1. The molecule has 0 atom stereocenters. The van der Waals surface area contributed by atoms with E-state index in [-0.39, 0.29) is 5.69 Å². The lowest BCUT2D eigenvalue weighted by Gasteiger charge is -2.15. The molecule has 0 bridgehead atoms. The van der Waals surface area contributed by atoms with Crippen molar-refractivity contribution in [3.8, 4) is 6.07 Å². The minimum absolute atomic E-state index is 0.0315. The third-order valence-corrected chi connectivity index (χ3v) is 5.44. The lowest BCUT2D eigenvalue weighted by atomic mass is 10.1. The number of nitro benzene ring substituents is 1. The molecule has 0 radical (unpaired) electrons. The van der Waals surface area contributed by atoms with Crippen LogP contribution in [0.25, 0.3) is 0 Å². The minimum Gasteiger partial charge on any atom is -0.369 e. The standard InChI is InChI=1S/C27H23N7O2/c1-19-24(18-28)26(29-17-16-20-8-4-2-5-9-20)31-27(30-21-10-6-3-7-11-21)25(19)33-32-22-12-14-23(15-13-22)34(35)36/h2-15H,16-17H2,1H3,(H2,29,30,31). The number of benzene rings is 3. The van der Waals surface area contributed by atoms with Crippen molar-refractivity contribution in [2.45, 2.75) is 13.3 Å². The van der Waals surface area contributed by atoms with Gasteiger partial charge < -0.3 is 10.6 Å². The van der Waals surface area contributed by atoms with Crippen LogP contribution in [0.2, 0.25) is 0 Å². The van der Waals surface area contributed by atoms with Crippen LogP contribution in [0.1, 0.15) is 16.7 Å². The molecule has 9 heteroatoms. The van der Waals surface area contributed by atoms with Crippen molar-refractivity contribution in [3.63, 3.8) is 0 Å². The number of rotatable bonds is 9. The van der Waals surface area contributed by atoms with E-state index in [0.717, 1.165) is 12.1 Å². The second-order valence-corrected chi connectivity index (χ2v) is 7.90. The Labute approximate surface area is 208 Å². The maximum absolute atomic E-state index is 10.9. The Balaban J connectivity index is 1.67. The molecule has 2 N–H and O–H groups in total. The minimum atomic E-state index is -0.473. The van der Waals surface area contributed by atoms with E-state index >= 15 is 0 Å². The molecular formula is C27H23N7O2. The molecule has 0 spiro atoms. The highest BCUT2D eigenvalue weighted by Crippen LogP contribution is 2.36. The molecule has 178 valence electrons. The van der Waals surface area contributed by atoms with E-state index in [1.807, 2.05) is 48.5 Å². The van der Waals surface area contributed by atoms with Crippen molar-refractivity contribution in [2.24, 2.45) is 10.2 Å². The fraction of sp³-hybridized carbons (Fsp3) is 0.111. The van der Waals surface area contributed by atoms with E-state index in [4.69, 9.17) is 4.98 Å². The van der Waals surface area contributed by atoms with Crippen LogP contribution in [0, 0.1) is 28.4 Å². The average molecular weight is 478 g/mol. The zero-order valence-electron chi connectivity index (χ0n) is 19.5. The monoisotopic (exact) mass is 477 g/mol. The van der Waals surface area contributed by atoms with Gasteiger partial charge in [-0.15, -0.1) is 5.11 Å². The highest BCUT2D eigenvalue weighted by atomic mass is 16.6. The van der Waals surface area contributed by atoms with Gasteiger partial charge in [-0.25, -0.2) is 4.98 Å². The second kappa shape index (κ2) is 11.4. The number of nitrogens with zero attached hydrogens (tertiary/aromatic N) is 5. The summed E-state index contributed by atoms with van der Waals surface area (Å²) < 4.78 is 0. The Morgan fingerprint density at radius 2 is 1.61 bits per heavy atom. The molecule has 1 aromatic heterocycles. The Bertz CT molecular complexity index is 1410. The van der Waals surface area contributed by atoms with Crippen molar-refractivity contribution >= 4 is 34.4 Å². The summed E-state index contributed by atoms with van der Waals surface area (Å²) in [5.41, 5.74) is 3.78. The zero-order chi connectivity index (χ0) is 25.3. The number of anilines is 3. The van der Waals surface area contributed by atoms with Crippen LogP contribution in [0.4, 0.5) is 34.4 Å². The van der Waals surface area contributed by atoms with E-state index in [9.17, 15) is 15.4 Å². The number of pyridine rings is 1. The van der Waals surface area contributed by atoms with Crippen LogP contribution in [0.5, 0.6) is 0 Å². The predicted molar refractivity (Wildman–Crippen MR) is 139 cm³/mol. The molecule has 4 aromatic rings.